The van der Waals surface area contributed by atoms with Crippen LogP contribution in [0.15, 0.2) is 0 Å². The molecule has 0 heterocycles. The van der Waals surface area contributed by atoms with Crippen LogP contribution in [0.3, 0.4) is 0 Å². The van der Waals surface area contributed by atoms with Gasteiger partial charge in [0.15, 0.2) is 0 Å². The highest BCUT2D eigenvalue weighted by atomic mass is 31.0. The molecular formula is C23H49P. The van der Waals surface area contributed by atoms with Gasteiger partial charge in [-0.2, -0.15) is 0 Å². The molecule has 2 unspecified atom stereocenters. The van der Waals surface area contributed by atoms with Crippen molar-refractivity contribution in [3.05, 3.63) is 0 Å². The minimum atomic E-state index is 0.532. The van der Waals surface area contributed by atoms with Crippen LogP contribution in [0.25, 0.3) is 0 Å². The fourth-order valence-corrected chi connectivity index (χ4v) is 4.86. The van der Waals surface area contributed by atoms with Gasteiger partial charge in [-0.1, -0.05) is 111 Å². The average Bonchev–Trinajstić information content (AvgIpc) is 2.57. The lowest BCUT2D eigenvalue weighted by Gasteiger charge is -2.39. The molecule has 0 amide bonds. The van der Waals surface area contributed by atoms with Gasteiger partial charge < -0.3 is 0 Å². The molecule has 0 aliphatic rings. The molecular weight excluding hydrogens is 307 g/mol. The van der Waals surface area contributed by atoms with Gasteiger partial charge in [-0.3, -0.25) is 0 Å². The lowest BCUT2D eigenvalue weighted by molar-refractivity contribution is 0.271. The molecule has 146 valence electrons. The van der Waals surface area contributed by atoms with Gasteiger partial charge >= 0.3 is 0 Å². The summed E-state index contributed by atoms with van der Waals surface area (Å²) in [7, 11) is 3.40. The molecule has 0 aromatic heterocycles. The van der Waals surface area contributed by atoms with Crippen molar-refractivity contribution >= 4 is 9.24 Å². The van der Waals surface area contributed by atoms with Crippen LogP contribution in [0, 0.1) is 5.92 Å². The van der Waals surface area contributed by atoms with Crippen molar-refractivity contribution in [3.8, 4) is 0 Å². The van der Waals surface area contributed by atoms with E-state index in [1.54, 1.807) is 0 Å². The van der Waals surface area contributed by atoms with Crippen LogP contribution in [0.1, 0.15) is 137 Å². The highest BCUT2D eigenvalue weighted by molar-refractivity contribution is 7.19. The van der Waals surface area contributed by atoms with Gasteiger partial charge in [0.25, 0.3) is 0 Å². The van der Waals surface area contributed by atoms with E-state index in [0.717, 1.165) is 5.92 Å². The molecule has 0 aliphatic heterocycles. The predicted octanol–water partition coefficient (Wildman–Crippen LogP) is 8.93. The third-order valence-corrected chi connectivity index (χ3v) is 6.92. The Labute approximate surface area is 157 Å². The van der Waals surface area contributed by atoms with Crippen LogP contribution >= 0.6 is 9.24 Å². The summed E-state index contributed by atoms with van der Waals surface area (Å²) >= 11 is 0. The molecule has 0 fully saturated rings. The average molecular weight is 357 g/mol. The Kier molecular flexibility index (Phi) is 17.2. The van der Waals surface area contributed by atoms with Crippen LogP contribution in [0.2, 0.25) is 0 Å². The van der Waals surface area contributed by atoms with Gasteiger partial charge in [0.2, 0.25) is 0 Å². The summed E-state index contributed by atoms with van der Waals surface area (Å²) in [5.41, 5.74) is 0. The molecule has 0 spiro atoms. The maximum atomic E-state index is 3.40. The van der Waals surface area contributed by atoms with Crippen LogP contribution in [0.5, 0.6) is 0 Å². The fourth-order valence-electron chi connectivity index (χ4n) is 4.12. The van der Waals surface area contributed by atoms with Crippen molar-refractivity contribution in [1.29, 1.82) is 0 Å². The lowest BCUT2D eigenvalue weighted by Crippen LogP contribution is -2.32. The van der Waals surface area contributed by atoms with Crippen molar-refractivity contribution in [2.45, 2.75) is 142 Å². The summed E-state index contributed by atoms with van der Waals surface area (Å²) in [6.07, 6.45) is 24.2. The summed E-state index contributed by atoms with van der Waals surface area (Å²) in [6.45, 7) is 9.34. The largest absolute Gasteiger partial charge is 0.131 e. The van der Waals surface area contributed by atoms with Crippen LogP contribution < -0.4 is 0 Å². The maximum absolute atomic E-state index is 3.40. The molecule has 0 aliphatic carbocycles. The zero-order valence-electron chi connectivity index (χ0n) is 17.7. The second-order valence-corrected chi connectivity index (χ2v) is 9.34. The van der Waals surface area contributed by atoms with E-state index in [9.17, 15) is 0 Å². The third kappa shape index (κ3) is 11.9. The molecule has 24 heavy (non-hydrogen) atoms. The van der Waals surface area contributed by atoms with Crippen molar-refractivity contribution in [1.82, 2.24) is 0 Å². The molecule has 0 aromatic rings. The summed E-state index contributed by atoms with van der Waals surface area (Å²) in [5, 5.41) is 0.532. The van der Waals surface area contributed by atoms with E-state index in [1.165, 1.54) is 109 Å². The van der Waals surface area contributed by atoms with E-state index in [-0.39, 0.29) is 0 Å². The minimum Gasteiger partial charge on any atom is -0.131 e. The Morgan fingerprint density at radius 3 is 1.38 bits per heavy atom. The predicted molar refractivity (Wildman–Crippen MR) is 117 cm³/mol. The molecule has 0 rings (SSSR count). The molecule has 0 aromatic carbocycles. The van der Waals surface area contributed by atoms with Crippen molar-refractivity contribution in [2.75, 3.05) is 0 Å². The van der Waals surface area contributed by atoms with E-state index in [2.05, 4.69) is 36.9 Å². The highest BCUT2D eigenvalue weighted by Crippen LogP contribution is 2.43. The molecule has 0 saturated carbocycles. The first-order valence-electron chi connectivity index (χ1n) is 11.4. The summed E-state index contributed by atoms with van der Waals surface area (Å²) < 4.78 is 0. The first kappa shape index (κ1) is 24.4. The smallest absolute Gasteiger partial charge is 0.0122 e. The van der Waals surface area contributed by atoms with E-state index in [4.69, 9.17) is 0 Å². The second-order valence-electron chi connectivity index (χ2n) is 8.19. The Balaban J connectivity index is 4.75. The molecule has 0 bridgehead atoms. The summed E-state index contributed by atoms with van der Waals surface area (Å²) in [5.74, 6) is 0.944. The number of hydrogen-bond donors (Lipinski definition) is 0. The first-order valence-corrected chi connectivity index (χ1v) is 12.0. The molecule has 0 radical (unpaired) electrons. The standard InChI is InChI=1S/C23H49P/c1-5-9-13-15-19-22(18-14-10-6-2)23(24,20-16-11-7-3)21-17-12-8-4/h22H,5-21,24H2,1-4H3. The summed E-state index contributed by atoms with van der Waals surface area (Å²) in [4.78, 5) is 0. The van der Waals surface area contributed by atoms with E-state index >= 15 is 0 Å². The maximum Gasteiger partial charge on any atom is -0.0122 e. The third-order valence-electron chi connectivity index (χ3n) is 5.87. The first-order chi connectivity index (χ1) is 11.6. The van der Waals surface area contributed by atoms with E-state index < -0.39 is 0 Å². The Morgan fingerprint density at radius 2 is 0.917 bits per heavy atom. The van der Waals surface area contributed by atoms with Crippen LogP contribution in [-0.4, -0.2) is 5.16 Å². The number of rotatable bonds is 18. The van der Waals surface area contributed by atoms with Gasteiger partial charge in [0, 0.05) is 0 Å². The molecule has 1 heteroatoms. The number of unbranched alkanes of at least 4 members (excludes halogenated alkanes) is 9. The number of hydrogen-bond acceptors (Lipinski definition) is 0. The van der Waals surface area contributed by atoms with Crippen molar-refractivity contribution in [3.63, 3.8) is 0 Å². The molecule has 2 atom stereocenters. The van der Waals surface area contributed by atoms with Crippen molar-refractivity contribution in [2.24, 2.45) is 5.92 Å². The van der Waals surface area contributed by atoms with Gasteiger partial charge in [0.05, 0.1) is 0 Å². The minimum absolute atomic E-state index is 0.532. The van der Waals surface area contributed by atoms with Gasteiger partial charge in [-0.05, 0) is 36.8 Å². The Bertz CT molecular complexity index is 238. The van der Waals surface area contributed by atoms with Crippen LogP contribution in [-0.2, 0) is 0 Å². The Morgan fingerprint density at radius 1 is 0.542 bits per heavy atom. The second kappa shape index (κ2) is 16.9. The van der Waals surface area contributed by atoms with Gasteiger partial charge in [-0.15, -0.1) is 9.24 Å². The normalized spacial score (nSPS) is 13.4. The van der Waals surface area contributed by atoms with Crippen LogP contribution in [0.4, 0.5) is 0 Å². The monoisotopic (exact) mass is 356 g/mol. The van der Waals surface area contributed by atoms with Gasteiger partial charge in [-0.25, -0.2) is 0 Å². The lowest BCUT2D eigenvalue weighted by atomic mass is 9.77. The molecule has 0 nitrogen and oxygen atoms in total. The SMILES string of the molecule is CCCCCCC(CCCCC)C(P)(CCCCC)CCCCC. The fraction of sp³-hybridized carbons (Fsp3) is 1.00. The van der Waals surface area contributed by atoms with E-state index in [1.807, 2.05) is 0 Å². The zero-order valence-corrected chi connectivity index (χ0v) is 18.8. The highest BCUT2D eigenvalue weighted by Gasteiger charge is 2.32. The quantitative estimate of drug-likeness (QED) is 0.170. The topological polar surface area (TPSA) is 0 Å². The van der Waals surface area contributed by atoms with E-state index in [0.29, 0.717) is 5.16 Å². The van der Waals surface area contributed by atoms with Gasteiger partial charge in [0.1, 0.15) is 0 Å². The molecule has 0 N–H and O–H groups in total. The Hall–Kier alpha value is 0.430. The van der Waals surface area contributed by atoms with Crippen molar-refractivity contribution < 1.29 is 0 Å². The summed E-state index contributed by atoms with van der Waals surface area (Å²) in [6, 6.07) is 0. The molecule has 0 saturated heterocycles. The zero-order chi connectivity index (χ0) is 18.1.